The molecule has 0 aliphatic carbocycles. The summed E-state index contributed by atoms with van der Waals surface area (Å²) < 4.78 is 45.0. The van der Waals surface area contributed by atoms with Gasteiger partial charge in [0.25, 0.3) is 0 Å². The normalized spacial score (nSPS) is 17.8. The number of alkyl halides is 3. The van der Waals surface area contributed by atoms with Crippen LogP contribution < -0.4 is 0 Å². The van der Waals surface area contributed by atoms with E-state index in [1.807, 2.05) is 0 Å². The van der Waals surface area contributed by atoms with Gasteiger partial charge in [0.1, 0.15) is 19.0 Å². The van der Waals surface area contributed by atoms with Crippen molar-refractivity contribution in [2.75, 3.05) is 13.2 Å². The van der Waals surface area contributed by atoms with Crippen molar-refractivity contribution in [3.05, 3.63) is 11.5 Å². The van der Waals surface area contributed by atoms with Gasteiger partial charge in [0.2, 0.25) is 5.76 Å². The van der Waals surface area contributed by atoms with Crippen molar-refractivity contribution in [1.29, 1.82) is 0 Å². The first kappa shape index (κ1) is 9.88. The Balaban J connectivity index is 2.87. The number of rotatable bonds is 1. The Morgan fingerprint density at radius 1 is 1.31 bits per heavy atom. The predicted octanol–water partition coefficient (Wildman–Crippen LogP) is 1.40. The molecule has 1 aliphatic heterocycles. The molecule has 0 bridgehead atoms. The van der Waals surface area contributed by atoms with Crippen LogP contribution >= 0.6 is 0 Å². The molecule has 0 unspecified atom stereocenters. The third-order valence-corrected chi connectivity index (χ3v) is 1.43. The Kier molecular flexibility index (Phi) is 2.49. The third-order valence-electron chi connectivity index (χ3n) is 1.43. The molecule has 0 radical (unpaired) electrons. The maximum Gasteiger partial charge on any atom is 0.458 e. The topological polar surface area (TPSA) is 35.5 Å². The van der Waals surface area contributed by atoms with Crippen LogP contribution in [0.25, 0.3) is 0 Å². The summed E-state index contributed by atoms with van der Waals surface area (Å²) in [6, 6.07) is 0. The van der Waals surface area contributed by atoms with Crippen LogP contribution in [-0.4, -0.2) is 25.2 Å². The molecule has 13 heavy (non-hydrogen) atoms. The first-order valence-corrected chi connectivity index (χ1v) is 3.51. The van der Waals surface area contributed by atoms with Gasteiger partial charge in [0.15, 0.2) is 0 Å². The summed E-state index contributed by atoms with van der Waals surface area (Å²) in [5.74, 6) is -2.85. The monoisotopic (exact) mass is 196 g/mol. The van der Waals surface area contributed by atoms with Gasteiger partial charge >= 0.3 is 12.0 Å². The zero-order valence-electron chi connectivity index (χ0n) is 6.77. The molecule has 0 atom stereocenters. The molecule has 1 aliphatic rings. The predicted molar refractivity (Wildman–Crippen MR) is 35.7 cm³/mol. The molecule has 6 heteroatoms. The van der Waals surface area contributed by atoms with E-state index in [9.17, 15) is 18.0 Å². The molecule has 74 valence electrons. The first-order chi connectivity index (χ1) is 5.93. The van der Waals surface area contributed by atoms with Gasteiger partial charge in [-0.25, -0.2) is 0 Å². The van der Waals surface area contributed by atoms with E-state index in [1.54, 1.807) is 0 Å². The van der Waals surface area contributed by atoms with Crippen LogP contribution in [0.15, 0.2) is 11.5 Å². The van der Waals surface area contributed by atoms with Crippen molar-refractivity contribution in [3.8, 4) is 0 Å². The van der Waals surface area contributed by atoms with E-state index in [2.05, 4.69) is 4.74 Å². The maximum absolute atomic E-state index is 11.9. The highest BCUT2D eigenvalue weighted by molar-refractivity contribution is 5.98. The third kappa shape index (κ3) is 2.13. The van der Waals surface area contributed by atoms with Crippen LogP contribution in [0, 0.1) is 0 Å². The molecule has 1 rings (SSSR count). The minimum Gasteiger partial charge on any atom is -0.491 e. The molecule has 0 fully saturated rings. The number of ether oxygens (including phenoxy) is 2. The number of hydrogen-bond acceptors (Lipinski definition) is 3. The molecular formula is C7H7F3O3. The summed E-state index contributed by atoms with van der Waals surface area (Å²) in [6.07, 6.45) is -4.91. The minimum absolute atomic E-state index is 0.0332. The zero-order chi connectivity index (χ0) is 10.1. The van der Waals surface area contributed by atoms with Gasteiger partial charge in [-0.2, -0.15) is 13.2 Å². The van der Waals surface area contributed by atoms with Gasteiger partial charge in [-0.05, 0) is 6.92 Å². The zero-order valence-corrected chi connectivity index (χ0v) is 6.77. The fourth-order valence-electron chi connectivity index (χ4n) is 0.860. The fourth-order valence-corrected chi connectivity index (χ4v) is 0.860. The second kappa shape index (κ2) is 3.27. The van der Waals surface area contributed by atoms with Gasteiger partial charge in [0.05, 0.1) is 0 Å². The standard InChI is InChI=1S/C7H7F3O3/c1-4-5(13-3-2-12-4)6(11)7(8,9)10/h2-3H2,1H3. The van der Waals surface area contributed by atoms with E-state index >= 15 is 0 Å². The summed E-state index contributed by atoms with van der Waals surface area (Å²) in [5, 5.41) is 0. The maximum atomic E-state index is 11.9. The molecular weight excluding hydrogens is 189 g/mol. The highest BCUT2D eigenvalue weighted by Gasteiger charge is 2.43. The number of halogens is 3. The van der Waals surface area contributed by atoms with Gasteiger partial charge in [-0.15, -0.1) is 0 Å². The van der Waals surface area contributed by atoms with Crippen LogP contribution in [0.5, 0.6) is 0 Å². The minimum atomic E-state index is -4.91. The summed E-state index contributed by atoms with van der Waals surface area (Å²) in [7, 11) is 0. The van der Waals surface area contributed by atoms with Crippen molar-refractivity contribution in [2.45, 2.75) is 13.1 Å². The number of carbonyl (C=O) groups excluding carboxylic acids is 1. The quantitative estimate of drug-likeness (QED) is 0.635. The molecule has 0 aromatic carbocycles. The number of carbonyl (C=O) groups is 1. The Labute approximate surface area is 72.1 Å². The van der Waals surface area contributed by atoms with Gasteiger partial charge < -0.3 is 9.47 Å². The molecule has 3 nitrogen and oxygen atoms in total. The lowest BCUT2D eigenvalue weighted by Crippen LogP contribution is -2.29. The van der Waals surface area contributed by atoms with E-state index in [-0.39, 0.29) is 19.0 Å². The summed E-state index contributed by atoms with van der Waals surface area (Å²) in [5.41, 5.74) is 0. The molecule has 0 aromatic heterocycles. The van der Waals surface area contributed by atoms with Crippen LogP contribution in [0.1, 0.15) is 6.92 Å². The van der Waals surface area contributed by atoms with Crippen molar-refractivity contribution in [3.63, 3.8) is 0 Å². The Morgan fingerprint density at radius 3 is 2.31 bits per heavy atom. The smallest absolute Gasteiger partial charge is 0.458 e. The molecule has 0 saturated carbocycles. The summed E-state index contributed by atoms with van der Waals surface area (Å²) in [4.78, 5) is 10.6. The number of hydrogen-bond donors (Lipinski definition) is 0. The van der Waals surface area contributed by atoms with E-state index in [0.717, 1.165) is 0 Å². The lowest BCUT2D eigenvalue weighted by Gasteiger charge is -2.19. The van der Waals surface area contributed by atoms with Crippen molar-refractivity contribution >= 4 is 5.78 Å². The van der Waals surface area contributed by atoms with Crippen LogP contribution in [0.4, 0.5) is 13.2 Å². The Bertz CT molecular complexity index is 254. The van der Waals surface area contributed by atoms with Crippen molar-refractivity contribution in [2.24, 2.45) is 0 Å². The van der Waals surface area contributed by atoms with Gasteiger partial charge in [-0.1, -0.05) is 0 Å². The van der Waals surface area contributed by atoms with Crippen LogP contribution in [0.3, 0.4) is 0 Å². The van der Waals surface area contributed by atoms with E-state index < -0.39 is 17.7 Å². The highest BCUT2D eigenvalue weighted by Crippen LogP contribution is 2.25. The SMILES string of the molecule is CC1=C(C(=O)C(F)(F)F)OCCO1. The average Bonchev–Trinajstić information content (AvgIpc) is 2.02. The Morgan fingerprint density at radius 2 is 1.85 bits per heavy atom. The Hall–Kier alpha value is -1.20. The highest BCUT2D eigenvalue weighted by atomic mass is 19.4. The summed E-state index contributed by atoms with van der Waals surface area (Å²) >= 11 is 0. The van der Waals surface area contributed by atoms with Crippen LogP contribution in [0.2, 0.25) is 0 Å². The van der Waals surface area contributed by atoms with Gasteiger partial charge in [-0.3, -0.25) is 4.79 Å². The number of allylic oxidation sites excluding steroid dienone is 2. The van der Waals surface area contributed by atoms with Crippen LogP contribution in [-0.2, 0) is 14.3 Å². The lowest BCUT2D eigenvalue weighted by molar-refractivity contribution is -0.171. The molecule has 0 aromatic rings. The molecule has 1 heterocycles. The van der Waals surface area contributed by atoms with Crippen molar-refractivity contribution < 1.29 is 27.4 Å². The second-order valence-corrected chi connectivity index (χ2v) is 2.41. The molecule has 0 spiro atoms. The first-order valence-electron chi connectivity index (χ1n) is 3.51. The molecule has 0 amide bonds. The number of ketones is 1. The summed E-state index contributed by atoms with van der Waals surface area (Å²) in [6.45, 7) is 1.40. The van der Waals surface area contributed by atoms with E-state index in [1.165, 1.54) is 6.92 Å². The fraction of sp³-hybridized carbons (Fsp3) is 0.571. The second-order valence-electron chi connectivity index (χ2n) is 2.41. The average molecular weight is 196 g/mol. The van der Waals surface area contributed by atoms with Gasteiger partial charge in [0, 0.05) is 0 Å². The van der Waals surface area contributed by atoms with E-state index in [4.69, 9.17) is 4.74 Å². The lowest BCUT2D eigenvalue weighted by atomic mass is 10.2. The van der Waals surface area contributed by atoms with E-state index in [0.29, 0.717) is 0 Å². The van der Waals surface area contributed by atoms with Crippen molar-refractivity contribution in [1.82, 2.24) is 0 Å². The molecule has 0 saturated heterocycles. The number of Topliss-reactive ketones (excluding diaryl/α,β-unsaturated/α-hetero) is 1. The molecule has 0 N–H and O–H groups in total. The largest absolute Gasteiger partial charge is 0.491 e.